The monoisotopic (exact) mass is 616 g/mol. The number of halogens is 2. The first kappa shape index (κ1) is 30.1. The fourth-order valence-corrected chi connectivity index (χ4v) is 6.37. The van der Waals surface area contributed by atoms with Gasteiger partial charge in [-0.25, -0.2) is 0 Å². The molecular formula is C33H30Cl2N4O4. The number of aryl methyl sites for hydroxylation is 2. The number of hydrogen-bond acceptors (Lipinski definition) is 7. The molecule has 1 heterocycles. The second-order valence-corrected chi connectivity index (χ2v) is 12.5. The van der Waals surface area contributed by atoms with Crippen molar-refractivity contribution in [3.05, 3.63) is 120 Å². The van der Waals surface area contributed by atoms with Gasteiger partial charge >= 0.3 is 0 Å². The first-order valence-electron chi connectivity index (χ1n) is 13.7. The van der Waals surface area contributed by atoms with Gasteiger partial charge in [0.05, 0.1) is 38.2 Å². The number of para-hydroxylation sites is 1. The van der Waals surface area contributed by atoms with E-state index in [4.69, 9.17) is 33.7 Å². The van der Waals surface area contributed by atoms with Crippen LogP contribution in [0.3, 0.4) is 0 Å². The van der Waals surface area contributed by atoms with Crippen LogP contribution in [-0.4, -0.2) is 10.7 Å². The first-order valence-corrected chi connectivity index (χ1v) is 14.5. The van der Waals surface area contributed by atoms with Crippen LogP contribution in [0.25, 0.3) is 0 Å². The number of nitrogens with two attached hydrogens (primary N) is 1. The smallest absolute Gasteiger partial charge is 0.271 e. The Labute approximate surface area is 260 Å². The molecular weight excluding hydrogens is 587 g/mol. The van der Waals surface area contributed by atoms with Gasteiger partial charge in [-0.2, -0.15) is 5.26 Å². The van der Waals surface area contributed by atoms with Crippen LogP contribution in [0.5, 0.6) is 5.75 Å². The lowest BCUT2D eigenvalue weighted by Crippen LogP contribution is -2.42. The van der Waals surface area contributed by atoms with Crippen LogP contribution >= 0.6 is 23.2 Å². The van der Waals surface area contributed by atoms with Gasteiger partial charge in [0.25, 0.3) is 5.69 Å². The highest BCUT2D eigenvalue weighted by molar-refractivity contribution is 6.33. The number of hydrogen-bond donors (Lipinski definition) is 1. The summed E-state index contributed by atoms with van der Waals surface area (Å²) < 4.78 is 6.04. The number of non-ortho nitro benzene ring substituents is 1. The maximum absolute atomic E-state index is 14.0. The molecule has 1 aliphatic heterocycles. The third-order valence-electron chi connectivity index (χ3n) is 8.02. The van der Waals surface area contributed by atoms with Gasteiger partial charge in [-0.1, -0.05) is 61.3 Å². The molecule has 2 aliphatic rings. The van der Waals surface area contributed by atoms with Crippen LogP contribution in [0, 0.1) is 40.7 Å². The van der Waals surface area contributed by atoms with Crippen molar-refractivity contribution in [1.82, 2.24) is 0 Å². The lowest BCUT2D eigenvalue weighted by Gasteiger charge is -2.44. The van der Waals surface area contributed by atoms with Crippen LogP contribution in [-0.2, 0) is 11.4 Å². The molecule has 0 amide bonds. The molecule has 5 rings (SSSR count). The minimum Gasteiger partial charge on any atom is -0.487 e. The van der Waals surface area contributed by atoms with Crippen LogP contribution in [0.4, 0.5) is 11.4 Å². The Morgan fingerprint density at radius 2 is 1.81 bits per heavy atom. The Morgan fingerprint density at radius 3 is 2.49 bits per heavy atom. The van der Waals surface area contributed by atoms with E-state index in [0.29, 0.717) is 28.5 Å². The van der Waals surface area contributed by atoms with Gasteiger partial charge in [0.15, 0.2) is 5.78 Å². The summed E-state index contributed by atoms with van der Waals surface area (Å²) in [6, 6.07) is 17.5. The minimum atomic E-state index is -0.739. The lowest BCUT2D eigenvalue weighted by atomic mass is 9.68. The second kappa shape index (κ2) is 11.4. The topological polar surface area (TPSA) is 122 Å². The predicted octanol–water partition coefficient (Wildman–Crippen LogP) is 8.04. The van der Waals surface area contributed by atoms with Crippen LogP contribution < -0.4 is 15.4 Å². The van der Waals surface area contributed by atoms with Crippen LogP contribution in [0.15, 0.2) is 77.3 Å². The Morgan fingerprint density at radius 1 is 1.09 bits per heavy atom. The standard InChI is InChI=1S/C33H30Cl2N4O4/c1-18-11-19(2)22(12-20(18)17-43-29-8-6-5-7-25(29)35)30-23(16-36)32(37)38(26-13-21(39(41)42)9-10-24(26)34)27-14-33(3,4)15-28(40)31(27)30/h5-13,30H,14-15,17,37H2,1-4H3. The minimum absolute atomic E-state index is 0.0768. The number of nitro benzene ring substituents is 1. The van der Waals surface area contributed by atoms with Gasteiger partial charge < -0.3 is 10.5 Å². The summed E-state index contributed by atoms with van der Waals surface area (Å²) in [6.07, 6.45) is 0.710. The predicted molar refractivity (Wildman–Crippen MR) is 167 cm³/mol. The molecule has 2 N–H and O–H groups in total. The van der Waals surface area contributed by atoms with Crippen molar-refractivity contribution in [1.29, 1.82) is 5.26 Å². The van der Waals surface area contributed by atoms with Gasteiger partial charge in [0, 0.05) is 29.8 Å². The Bertz CT molecular complexity index is 1790. The molecule has 3 aromatic carbocycles. The molecule has 43 heavy (non-hydrogen) atoms. The maximum Gasteiger partial charge on any atom is 0.271 e. The van der Waals surface area contributed by atoms with E-state index in [1.165, 1.54) is 18.2 Å². The summed E-state index contributed by atoms with van der Waals surface area (Å²) in [7, 11) is 0. The number of ketones is 1. The van der Waals surface area contributed by atoms with Crippen molar-refractivity contribution in [2.75, 3.05) is 4.90 Å². The molecule has 1 atom stereocenters. The van der Waals surface area contributed by atoms with E-state index in [0.717, 1.165) is 22.3 Å². The van der Waals surface area contributed by atoms with E-state index in [9.17, 15) is 20.2 Å². The van der Waals surface area contributed by atoms with Gasteiger partial charge in [-0.05, 0) is 66.1 Å². The molecule has 3 aromatic rings. The number of nitriles is 1. The fourth-order valence-electron chi connectivity index (χ4n) is 5.98. The zero-order valence-electron chi connectivity index (χ0n) is 24.2. The summed E-state index contributed by atoms with van der Waals surface area (Å²) in [5.74, 6) is -0.230. The zero-order chi connectivity index (χ0) is 31.2. The number of anilines is 1. The molecule has 0 radical (unpaired) electrons. The highest BCUT2D eigenvalue weighted by Gasteiger charge is 2.45. The number of nitrogens with zero attached hydrogens (tertiary/aromatic N) is 3. The Hall–Kier alpha value is -4.32. The average molecular weight is 618 g/mol. The van der Waals surface area contributed by atoms with Gasteiger partial charge in [-0.3, -0.25) is 19.8 Å². The van der Waals surface area contributed by atoms with E-state index in [-0.39, 0.29) is 46.6 Å². The quantitative estimate of drug-likeness (QED) is 0.219. The van der Waals surface area contributed by atoms with Crippen molar-refractivity contribution >= 4 is 40.4 Å². The molecule has 220 valence electrons. The molecule has 0 saturated heterocycles. The van der Waals surface area contributed by atoms with Crippen molar-refractivity contribution in [3.8, 4) is 11.8 Å². The number of nitro groups is 1. The largest absolute Gasteiger partial charge is 0.487 e. The number of Topliss-reactive ketones (excluding diaryl/α,β-unsaturated/α-hetero) is 1. The number of benzene rings is 3. The first-order chi connectivity index (χ1) is 20.3. The van der Waals surface area contributed by atoms with Crippen LogP contribution in [0.2, 0.25) is 10.0 Å². The number of carbonyl (C=O) groups is 1. The third kappa shape index (κ3) is 5.58. The molecule has 10 heteroatoms. The fraction of sp³-hybridized carbons (Fsp3) is 0.273. The molecule has 0 spiro atoms. The highest BCUT2D eigenvalue weighted by Crippen LogP contribution is 2.52. The molecule has 1 aliphatic carbocycles. The number of carbonyl (C=O) groups excluding carboxylic acids is 1. The van der Waals surface area contributed by atoms with E-state index in [1.807, 2.05) is 52.0 Å². The Kier molecular flexibility index (Phi) is 7.99. The molecule has 0 bridgehead atoms. The van der Waals surface area contributed by atoms with Crippen LogP contribution in [0.1, 0.15) is 54.9 Å². The summed E-state index contributed by atoms with van der Waals surface area (Å²) in [6.45, 7) is 8.10. The molecule has 8 nitrogen and oxygen atoms in total. The summed E-state index contributed by atoms with van der Waals surface area (Å²) in [5, 5.41) is 22.9. The Balaban J connectivity index is 1.70. The molecule has 0 aromatic heterocycles. The van der Waals surface area contributed by atoms with Gasteiger partial charge in [0.2, 0.25) is 0 Å². The molecule has 0 fully saturated rings. The van der Waals surface area contributed by atoms with Gasteiger partial charge in [0.1, 0.15) is 18.2 Å². The van der Waals surface area contributed by atoms with E-state index in [2.05, 4.69) is 6.07 Å². The number of allylic oxidation sites excluding steroid dienone is 3. The average Bonchev–Trinajstić information content (AvgIpc) is 2.93. The van der Waals surface area contributed by atoms with Crippen molar-refractivity contribution in [3.63, 3.8) is 0 Å². The summed E-state index contributed by atoms with van der Waals surface area (Å²) in [4.78, 5) is 26.7. The lowest BCUT2D eigenvalue weighted by molar-refractivity contribution is -0.384. The van der Waals surface area contributed by atoms with Crippen molar-refractivity contribution in [2.24, 2.45) is 11.1 Å². The zero-order valence-corrected chi connectivity index (χ0v) is 25.7. The number of rotatable bonds is 6. The van der Waals surface area contributed by atoms with E-state index in [1.54, 1.807) is 17.0 Å². The molecule has 0 saturated carbocycles. The maximum atomic E-state index is 14.0. The third-order valence-corrected chi connectivity index (χ3v) is 8.65. The van der Waals surface area contributed by atoms with Crippen molar-refractivity contribution in [2.45, 2.75) is 53.1 Å². The number of ether oxygens (including phenoxy) is 1. The van der Waals surface area contributed by atoms with Gasteiger partial charge in [-0.15, -0.1) is 0 Å². The van der Waals surface area contributed by atoms with E-state index < -0.39 is 16.3 Å². The van der Waals surface area contributed by atoms with Crippen molar-refractivity contribution < 1.29 is 14.5 Å². The second-order valence-electron chi connectivity index (χ2n) is 11.7. The highest BCUT2D eigenvalue weighted by atomic mass is 35.5. The van der Waals surface area contributed by atoms with E-state index >= 15 is 0 Å². The SMILES string of the molecule is Cc1cc(C)c(C2C(C#N)=C(N)N(c3cc([N+](=O)[O-])ccc3Cl)C3=C2C(=O)CC(C)(C)C3)cc1COc1ccccc1Cl. The summed E-state index contributed by atoms with van der Waals surface area (Å²) >= 11 is 12.9. The normalized spacial score (nSPS) is 17.9. The summed E-state index contributed by atoms with van der Waals surface area (Å²) in [5.41, 5.74) is 11.1. The molecule has 1 unspecified atom stereocenters.